The quantitative estimate of drug-likeness (QED) is 0.668. The van der Waals surface area contributed by atoms with Crippen molar-refractivity contribution >= 4 is 27.0 Å². The van der Waals surface area contributed by atoms with Crippen LogP contribution in [-0.4, -0.2) is 13.3 Å². The fraction of sp³-hybridized carbons (Fsp3) is 0.118. The van der Waals surface area contributed by atoms with E-state index >= 15 is 0 Å². The number of fused-ring (bicyclic) bond motifs is 1. The number of benzene rings is 2. The zero-order chi connectivity index (χ0) is 18.2. The zero-order valence-electron chi connectivity index (χ0n) is 13.2. The van der Waals surface area contributed by atoms with Crippen molar-refractivity contribution in [3.05, 3.63) is 69.3 Å². The molecule has 0 saturated carbocycles. The average Bonchev–Trinajstić information content (AvgIpc) is 3.02. The highest BCUT2D eigenvalue weighted by atomic mass is 32.2. The summed E-state index contributed by atoms with van der Waals surface area (Å²) in [7, 11) is -3.89. The van der Waals surface area contributed by atoms with Crippen LogP contribution in [0.2, 0.25) is 0 Å². The second kappa shape index (κ2) is 6.03. The molecule has 0 saturated heterocycles. The number of sulfonamides is 1. The molecule has 1 aliphatic rings. The molecule has 0 aromatic heterocycles. The highest BCUT2D eigenvalue weighted by molar-refractivity contribution is 7.92. The summed E-state index contributed by atoms with van der Waals surface area (Å²) in [6.07, 6.45) is 2.24. The number of aryl methyl sites for hydroxylation is 1. The maximum Gasteiger partial charge on any atom is 0.269 e. The summed E-state index contributed by atoms with van der Waals surface area (Å²) < 4.78 is 27.6. The molecular weight excluding hydrogens is 342 g/mol. The third-order valence-electron chi connectivity index (χ3n) is 4.02. The maximum absolute atomic E-state index is 12.6. The standard InChI is InChI=1S/C17H13N3O4S/c1-11-2-9-16(15-8-3-12(10-18)17(11)15)19-25(23,24)14-6-4-13(5-7-14)20(21)22/h2-7,9,19H,8H2,1H3. The third-order valence-corrected chi connectivity index (χ3v) is 5.40. The zero-order valence-corrected chi connectivity index (χ0v) is 14.0. The van der Waals surface area contributed by atoms with Crippen LogP contribution in [0.1, 0.15) is 16.7 Å². The summed E-state index contributed by atoms with van der Waals surface area (Å²) in [6, 6.07) is 10.2. The molecule has 0 bridgehead atoms. The van der Waals surface area contributed by atoms with Gasteiger partial charge in [-0.05, 0) is 42.7 Å². The molecule has 0 atom stereocenters. The summed E-state index contributed by atoms with van der Waals surface area (Å²) in [6.45, 7) is 1.87. The summed E-state index contributed by atoms with van der Waals surface area (Å²) in [5.41, 5.74) is 3.16. The lowest BCUT2D eigenvalue weighted by Crippen LogP contribution is -2.14. The van der Waals surface area contributed by atoms with Crippen molar-refractivity contribution in [3.63, 3.8) is 0 Å². The van der Waals surface area contributed by atoms with Gasteiger partial charge in [0.25, 0.3) is 15.7 Å². The van der Waals surface area contributed by atoms with Crippen LogP contribution in [0.4, 0.5) is 11.4 Å². The Morgan fingerprint density at radius 3 is 2.48 bits per heavy atom. The Hall–Kier alpha value is -3.18. The molecule has 1 N–H and O–H groups in total. The predicted molar refractivity (Wildman–Crippen MR) is 92.4 cm³/mol. The number of allylic oxidation sites excluding steroid dienone is 2. The molecule has 2 aromatic carbocycles. The van der Waals surface area contributed by atoms with Crippen molar-refractivity contribution in [2.45, 2.75) is 18.2 Å². The molecule has 0 heterocycles. The monoisotopic (exact) mass is 355 g/mol. The van der Waals surface area contributed by atoms with E-state index in [0.717, 1.165) is 28.8 Å². The smallest absolute Gasteiger partial charge is 0.269 e. The number of rotatable bonds is 4. The van der Waals surface area contributed by atoms with Gasteiger partial charge in [-0.15, -0.1) is 0 Å². The number of nitro groups is 1. The van der Waals surface area contributed by atoms with Crippen LogP contribution in [0, 0.1) is 28.4 Å². The van der Waals surface area contributed by atoms with Gasteiger partial charge in [0, 0.05) is 17.7 Å². The lowest BCUT2D eigenvalue weighted by atomic mass is 9.99. The third kappa shape index (κ3) is 2.97. The van der Waals surface area contributed by atoms with Crippen LogP contribution in [0.15, 0.2) is 47.4 Å². The first kappa shape index (κ1) is 16.7. The SMILES string of the molecule is Cc1ccc(NS(=O)(=O)c2ccc([N+](=O)[O-])cc2)c2c1C(C#N)=CC2. The number of non-ortho nitro benzene ring substituents is 1. The van der Waals surface area contributed by atoms with E-state index in [-0.39, 0.29) is 10.6 Å². The number of nitrogens with one attached hydrogen (secondary N) is 1. The molecule has 0 radical (unpaired) electrons. The lowest BCUT2D eigenvalue weighted by Gasteiger charge is -2.14. The van der Waals surface area contributed by atoms with E-state index in [1.165, 1.54) is 12.1 Å². The number of hydrogen-bond acceptors (Lipinski definition) is 5. The van der Waals surface area contributed by atoms with E-state index in [9.17, 15) is 23.8 Å². The van der Waals surface area contributed by atoms with Gasteiger partial charge in [-0.2, -0.15) is 5.26 Å². The molecule has 126 valence electrons. The van der Waals surface area contributed by atoms with Gasteiger partial charge in [0.05, 0.1) is 27.1 Å². The first-order chi connectivity index (χ1) is 11.8. The van der Waals surface area contributed by atoms with E-state index in [1.807, 2.05) is 6.92 Å². The number of anilines is 1. The molecule has 1 aliphatic carbocycles. The van der Waals surface area contributed by atoms with Crippen LogP contribution in [0.5, 0.6) is 0 Å². The van der Waals surface area contributed by atoms with Gasteiger partial charge >= 0.3 is 0 Å². The lowest BCUT2D eigenvalue weighted by molar-refractivity contribution is -0.384. The molecular formula is C17H13N3O4S. The van der Waals surface area contributed by atoms with E-state index in [2.05, 4.69) is 10.8 Å². The van der Waals surface area contributed by atoms with E-state index < -0.39 is 14.9 Å². The fourth-order valence-corrected chi connectivity index (χ4v) is 3.90. The van der Waals surface area contributed by atoms with Crippen molar-refractivity contribution in [2.24, 2.45) is 0 Å². The minimum Gasteiger partial charge on any atom is -0.279 e. The number of nitriles is 1. The Morgan fingerprint density at radius 1 is 1.20 bits per heavy atom. The van der Waals surface area contributed by atoms with Crippen LogP contribution in [0.3, 0.4) is 0 Å². The molecule has 0 spiro atoms. The highest BCUT2D eigenvalue weighted by Gasteiger charge is 2.23. The van der Waals surface area contributed by atoms with Crippen LogP contribution in [-0.2, 0) is 16.4 Å². The van der Waals surface area contributed by atoms with Gasteiger partial charge in [-0.1, -0.05) is 12.1 Å². The fourth-order valence-electron chi connectivity index (χ4n) is 2.81. The van der Waals surface area contributed by atoms with Crippen molar-refractivity contribution in [2.75, 3.05) is 4.72 Å². The Kier molecular flexibility index (Phi) is 4.02. The summed E-state index contributed by atoms with van der Waals surface area (Å²) in [5, 5.41) is 19.9. The molecule has 0 amide bonds. The topological polar surface area (TPSA) is 113 Å². The van der Waals surface area contributed by atoms with E-state index in [1.54, 1.807) is 18.2 Å². The molecule has 3 rings (SSSR count). The summed E-state index contributed by atoms with van der Waals surface area (Å²) in [5.74, 6) is 0. The Bertz CT molecular complexity index is 1050. The summed E-state index contributed by atoms with van der Waals surface area (Å²) in [4.78, 5) is 10.0. The molecule has 0 aliphatic heterocycles. The van der Waals surface area contributed by atoms with Crippen molar-refractivity contribution in [3.8, 4) is 6.07 Å². The second-order valence-corrected chi connectivity index (χ2v) is 7.26. The molecule has 0 fully saturated rings. The van der Waals surface area contributed by atoms with Gasteiger partial charge in [-0.3, -0.25) is 14.8 Å². The van der Waals surface area contributed by atoms with Crippen LogP contribution < -0.4 is 4.72 Å². The average molecular weight is 355 g/mol. The minimum absolute atomic E-state index is 0.0705. The normalized spacial score (nSPS) is 12.9. The molecule has 0 unspecified atom stereocenters. The maximum atomic E-state index is 12.6. The van der Waals surface area contributed by atoms with Gasteiger partial charge in [0.1, 0.15) is 0 Å². The summed E-state index contributed by atoms with van der Waals surface area (Å²) >= 11 is 0. The van der Waals surface area contributed by atoms with Crippen molar-refractivity contribution in [1.29, 1.82) is 5.26 Å². The van der Waals surface area contributed by atoms with Gasteiger partial charge in [0.2, 0.25) is 0 Å². The minimum atomic E-state index is -3.89. The Morgan fingerprint density at radius 2 is 1.88 bits per heavy atom. The molecule has 8 heteroatoms. The Balaban J connectivity index is 1.97. The molecule has 25 heavy (non-hydrogen) atoms. The van der Waals surface area contributed by atoms with Crippen molar-refractivity contribution in [1.82, 2.24) is 0 Å². The molecule has 2 aromatic rings. The first-order valence-corrected chi connectivity index (χ1v) is 8.82. The number of nitrogens with zero attached hydrogens (tertiary/aromatic N) is 2. The highest BCUT2D eigenvalue weighted by Crippen LogP contribution is 2.35. The van der Waals surface area contributed by atoms with Gasteiger partial charge in [-0.25, -0.2) is 8.42 Å². The van der Waals surface area contributed by atoms with Crippen LogP contribution >= 0.6 is 0 Å². The second-order valence-electron chi connectivity index (χ2n) is 5.57. The number of hydrogen-bond donors (Lipinski definition) is 1. The van der Waals surface area contributed by atoms with Crippen LogP contribution in [0.25, 0.3) is 5.57 Å². The largest absolute Gasteiger partial charge is 0.279 e. The number of nitro benzene ring substituents is 1. The first-order valence-electron chi connectivity index (χ1n) is 7.34. The van der Waals surface area contributed by atoms with E-state index in [0.29, 0.717) is 17.7 Å². The van der Waals surface area contributed by atoms with Gasteiger partial charge in [0.15, 0.2) is 0 Å². The van der Waals surface area contributed by atoms with E-state index in [4.69, 9.17) is 0 Å². The molecule has 7 nitrogen and oxygen atoms in total. The van der Waals surface area contributed by atoms with Gasteiger partial charge < -0.3 is 0 Å². The Labute approximate surface area is 144 Å². The van der Waals surface area contributed by atoms with Crippen molar-refractivity contribution < 1.29 is 13.3 Å². The predicted octanol–water partition coefficient (Wildman–Crippen LogP) is 3.17.